The van der Waals surface area contributed by atoms with Gasteiger partial charge in [-0.2, -0.15) is 5.10 Å². The van der Waals surface area contributed by atoms with Crippen molar-refractivity contribution in [3.63, 3.8) is 0 Å². The molecule has 2 heterocycles. The van der Waals surface area contributed by atoms with Gasteiger partial charge in [-0.25, -0.2) is 9.78 Å². The van der Waals surface area contributed by atoms with Gasteiger partial charge in [-0.1, -0.05) is 0 Å². The van der Waals surface area contributed by atoms with Crippen LogP contribution in [0.1, 0.15) is 46.1 Å². The summed E-state index contributed by atoms with van der Waals surface area (Å²) in [6, 6.07) is 0.121. The average molecular weight is 345 g/mol. The second kappa shape index (κ2) is 6.93. The third kappa shape index (κ3) is 3.45. The molecule has 7 heteroatoms. The number of aryl methyl sites for hydroxylation is 3. The number of urea groups is 1. The largest absolute Gasteiger partial charge is 0.338 e. The van der Waals surface area contributed by atoms with Crippen LogP contribution in [0.15, 0.2) is 6.20 Å². The van der Waals surface area contributed by atoms with Gasteiger partial charge >= 0.3 is 6.03 Å². The number of fused-ring (bicyclic) bond motifs is 2. The molecule has 0 saturated heterocycles. The number of carbonyl (C=O) groups is 1. The minimum absolute atomic E-state index is 0.0757. The molecule has 4 rings (SSSR count). The lowest BCUT2D eigenvalue weighted by molar-refractivity contribution is 0.235. The van der Waals surface area contributed by atoms with E-state index < -0.39 is 0 Å². The summed E-state index contributed by atoms with van der Waals surface area (Å²) in [4.78, 5) is 18.3. The van der Waals surface area contributed by atoms with E-state index in [1.165, 1.54) is 41.1 Å². The molecule has 1 atom stereocenters. The first kappa shape index (κ1) is 15.6. The summed E-state index contributed by atoms with van der Waals surface area (Å²) in [5.74, 6) is 0. The predicted molar refractivity (Wildman–Crippen MR) is 93.4 cm³/mol. The molecule has 128 valence electrons. The van der Waals surface area contributed by atoms with Gasteiger partial charge in [0, 0.05) is 29.6 Å². The Hall–Kier alpha value is -1.89. The van der Waals surface area contributed by atoms with Crippen molar-refractivity contribution in [1.82, 2.24) is 25.8 Å². The molecule has 2 aliphatic carbocycles. The number of aromatic amines is 1. The van der Waals surface area contributed by atoms with Crippen LogP contribution < -0.4 is 10.6 Å². The number of rotatable bonds is 4. The minimum Gasteiger partial charge on any atom is -0.338 e. The van der Waals surface area contributed by atoms with Gasteiger partial charge in [0.05, 0.1) is 16.9 Å². The maximum absolute atomic E-state index is 12.1. The second-order valence-corrected chi connectivity index (χ2v) is 7.82. The van der Waals surface area contributed by atoms with Crippen LogP contribution in [-0.2, 0) is 32.1 Å². The number of hydrogen-bond acceptors (Lipinski definition) is 4. The fraction of sp³-hybridized carbons (Fsp3) is 0.588. The van der Waals surface area contributed by atoms with E-state index in [4.69, 9.17) is 4.98 Å². The molecule has 0 aromatic carbocycles. The molecular formula is C17H23N5OS. The smallest absolute Gasteiger partial charge is 0.315 e. The summed E-state index contributed by atoms with van der Waals surface area (Å²) in [5.41, 5.74) is 3.73. The Morgan fingerprint density at radius 2 is 2.25 bits per heavy atom. The number of carbonyl (C=O) groups excluding carboxylic acids is 1. The molecule has 0 fully saturated rings. The molecule has 3 N–H and O–H groups in total. The van der Waals surface area contributed by atoms with Crippen molar-refractivity contribution in [2.24, 2.45) is 0 Å². The third-order valence-electron chi connectivity index (χ3n) is 4.87. The van der Waals surface area contributed by atoms with Gasteiger partial charge < -0.3 is 10.6 Å². The Kier molecular flexibility index (Phi) is 4.51. The van der Waals surface area contributed by atoms with Crippen molar-refractivity contribution >= 4 is 17.4 Å². The Morgan fingerprint density at radius 1 is 1.33 bits per heavy atom. The summed E-state index contributed by atoms with van der Waals surface area (Å²) in [7, 11) is 0. The van der Waals surface area contributed by atoms with Gasteiger partial charge in [-0.3, -0.25) is 5.10 Å². The molecule has 2 amide bonds. The molecule has 0 spiro atoms. The summed E-state index contributed by atoms with van der Waals surface area (Å²) < 4.78 is 0. The molecule has 0 saturated carbocycles. The fourth-order valence-electron chi connectivity index (χ4n) is 3.57. The molecule has 0 bridgehead atoms. The van der Waals surface area contributed by atoms with Crippen molar-refractivity contribution in [3.8, 4) is 0 Å². The van der Waals surface area contributed by atoms with E-state index in [1.807, 2.05) is 17.5 Å². The second-order valence-electron chi connectivity index (χ2n) is 6.65. The van der Waals surface area contributed by atoms with Crippen LogP contribution >= 0.6 is 11.3 Å². The molecule has 0 aliphatic heterocycles. The normalized spacial score (nSPS) is 19.4. The van der Waals surface area contributed by atoms with E-state index in [0.717, 1.165) is 37.1 Å². The number of thiazole rings is 1. The highest BCUT2D eigenvalue weighted by molar-refractivity contribution is 7.11. The Labute approximate surface area is 145 Å². The minimum atomic E-state index is -0.0757. The topological polar surface area (TPSA) is 82.7 Å². The zero-order chi connectivity index (χ0) is 16.4. The highest BCUT2D eigenvalue weighted by Gasteiger charge is 2.21. The molecule has 2 aromatic rings. The van der Waals surface area contributed by atoms with Crippen LogP contribution in [0.5, 0.6) is 0 Å². The zero-order valence-electron chi connectivity index (χ0n) is 13.7. The Morgan fingerprint density at radius 3 is 3.17 bits per heavy atom. The first-order valence-electron chi connectivity index (χ1n) is 8.81. The molecule has 0 radical (unpaired) electrons. The van der Waals surface area contributed by atoms with Crippen LogP contribution in [0.3, 0.4) is 0 Å². The number of amides is 2. The summed E-state index contributed by atoms with van der Waals surface area (Å²) in [5, 5.41) is 14.3. The number of hydrogen-bond donors (Lipinski definition) is 3. The molecule has 24 heavy (non-hydrogen) atoms. The monoisotopic (exact) mass is 345 g/mol. The molecule has 1 unspecified atom stereocenters. The van der Waals surface area contributed by atoms with Gasteiger partial charge in [0.15, 0.2) is 0 Å². The number of aromatic nitrogens is 3. The lowest BCUT2D eigenvalue weighted by Gasteiger charge is -2.22. The third-order valence-corrected chi connectivity index (χ3v) is 6.08. The van der Waals surface area contributed by atoms with Gasteiger partial charge in [0.25, 0.3) is 0 Å². The van der Waals surface area contributed by atoms with E-state index in [0.29, 0.717) is 6.54 Å². The average Bonchev–Trinajstić information content (AvgIpc) is 3.20. The van der Waals surface area contributed by atoms with Crippen molar-refractivity contribution in [2.75, 3.05) is 6.54 Å². The van der Waals surface area contributed by atoms with Crippen LogP contribution in [0.4, 0.5) is 4.79 Å². The maximum Gasteiger partial charge on any atom is 0.315 e. The number of H-pyrrole nitrogens is 1. The van der Waals surface area contributed by atoms with Gasteiger partial charge in [0.1, 0.15) is 0 Å². The fourth-order valence-corrected chi connectivity index (χ4v) is 4.73. The summed E-state index contributed by atoms with van der Waals surface area (Å²) >= 11 is 1.82. The first-order valence-corrected chi connectivity index (χ1v) is 9.62. The van der Waals surface area contributed by atoms with Crippen molar-refractivity contribution in [2.45, 2.75) is 57.4 Å². The molecule has 6 nitrogen and oxygen atoms in total. The summed E-state index contributed by atoms with van der Waals surface area (Å²) in [6.07, 6.45) is 10.3. The highest BCUT2D eigenvalue weighted by atomic mass is 32.1. The molecule has 2 aliphatic rings. The predicted octanol–water partition coefficient (Wildman–Crippen LogP) is 2.14. The lowest BCUT2D eigenvalue weighted by atomic mass is 9.94. The number of nitrogens with one attached hydrogen (secondary N) is 3. The Bertz CT molecular complexity index is 699. The van der Waals surface area contributed by atoms with E-state index in [9.17, 15) is 4.79 Å². The highest BCUT2D eigenvalue weighted by Crippen LogP contribution is 2.26. The van der Waals surface area contributed by atoms with Crippen LogP contribution in [0, 0.1) is 0 Å². The first-order chi connectivity index (χ1) is 11.8. The van der Waals surface area contributed by atoms with E-state index >= 15 is 0 Å². The molecular weight excluding hydrogens is 322 g/mol. The van der Waals surface area contributed by atoms with Gasteiger partial charge in [-0.05, 0) is 50.5 Å². The van der Waals surface area contributed by atoms with E-state index in [1.54, 1.807) is 0 Å². The zero-order valence-corrected chi connectivity index (χ0v) is 14.5. The lowest BCUT2D eigenvalue weighted by Crippen LogP contribution is -2.44. The standard InChI is InChI=1S/C17H23N5OS/c23-17(20-12-5-6-13-11(9-12)10-19-22-13)18-8-7-16-21-14-3-1-2-4-15(14)24-16/h10,12H,1-9H2,(H,19,22)(H2,18,20,23). The van der Waals surface area contributed by atoms with E-state index in [2.05, 4.69) is 20.8 Å². The van der Waals surface area contributed by atoms with Crippen LogP contribution in [0.2, 0.25) is 0 Å². The van der Waals surface area contributed by atoms with Gasteiger partial charge in [-0.15, -0.1) is 11.3 Å². The number of nitrogens with zero attached hydrogens (tertiary/aromatic N) is 2. The quantitative estimate of drug-likeness (QED) is 0.794. The van der Waals surface area contributed by atoms with Crippen molar-refractivity contribution in [3.05, 3.63) is 33.0 Å². The Balaban J connectivity index is 1.22. The molecule has 2 aromatic heterocycles. The van der Waals surface area contributed by atoms with E-state index in [-0.39, 0.29) is 12.1 Å². The SMILES string of the molecule is O=C(NCCc1nc2c(s1)CCCC2)NC1CCc2[nH]ncc2C1. The van der Waals surface area contributed by atoms with Crippen molar-refractivity contribution in [1.29, 1.82) is 0 Å². The van der Waals surface area contributed by atoms with Gasteiger partial charge in [0.2, 0.25) is 0 Å². The van der Waals surface area contributed by atoms with Crippen molar-refractivity contribution < 1.29 is 4.79 Å². The van der Waals surface area contributed by atoms with Crippen LogP contribution in [-0.4, -0.2) is 33.8 Å². The van der Waals surface area contributed by atoms with Crippen LogP contribution in [0.25, 0.3) is 0 Å². The summed E-state index contributed by atoms with van der Waals surface area (Å²) in [6.45, 7) is 0.641. The maximum atomic E-state index is 12.1.